The third kappa shape index (κ3) is 2.72. The Bertz CT molecular complexity index is 462. The van der Waals surface area contributed by atoms with E-state index in [0.717, 1.165) is 25.2 Å². The van der Waals surface area contributed by atoms with Gasteiger partial charge < -0.3 is 10.6 Å². The van der Waals surface area contributed by atoms with Crippen LogP contribution in [-0.2, 0) is 4.79 Å². The number of fused-ring (bicyclic) bond motifs is 1. The van der Waals surface area contributed by atoms with Gasteiger partial charge in [0.25, 0.3) is 0 Å². The van der Waals surface area contributed by atoms with E-state index in [4.69, 9.17) is 5.73 Å². The van der Waals surface area contributed by atoms with Crippen LogP contribution in [0, 0.1) is 0 Å². The van der Waals surface area contributed by atoms with E-state index in [2.05, 4.69) is 4.90 Å². The van der Waals surface area contributed by atoms with E-state index < -0.39 is 6.04 Å². The zero-order valence-electron chi connectivity index (χ0n) is 11.9. The lowest BCUT2D eigenvalue weighted by Gasteiger charge is -2.44. The van der Waals surface area contributed by atoms with Crippen molar-refractivity contribution in [2.24, 2.45) is 5.73 Å². The quantitative estimate of drug-likeness (QED) is 0.885. The maximum absolute atomic E-state index is 12.6. The molecule has 1 amide bonds. The highest BCUT2D eigenvalue weighted by Gasteiger charge is 2.32. The summed E-state index contributed by atoms with van der Waals surface area (Å²) in [5.41, 5.74) is 7.04. The summed E-state index contributed by atoms with van der Waals surface area (Å²) >= 11 is 0. The van der Waals surface area contributed by atoms with Gasteiger partial charge in [-0.05, 0) is 24.9 Å². The molecule has 2 heterocycles. The van der Waals surface area contributed by atoms with Crippen LogP contribution >= 0.6 is 0 Å². The van der Waals surface area contributed by atoms with Gasteiger partial charge in [-0.25, -0.2) is 0 Å². The average molecular weight is 273 g/mol. The second-order valence-electron chi connectivity index (χ2n) is 5.86. The summed E-state index contributed by atoms with van der Waals surface area (Å²) in [6, 6.07) is 9.69. The molecule has 108 valence electrons. The van der Waals surface area contributed by atoms with Crippen LogP contribution in [0.5, 0.6) is 0 Å². The van der Waals surface area contributed by atoms with Gasteiger partial charge in [-0.1, -0.05) is 36.8 Å². The van der Waals surface area contributed by atoms with Gasteiger partial charge in [-0.3, -0.25) is 9.69 Å². The van der Waals surface area contributed by atoms with Gasteiger partial charge in [0.05, 0.1) is 0 Å². The van der Waals surface area contributed by atoms with Crippen molar-refractivity contribution in [3.05, 3.63) is 35.9 Å². The molecule has 2 aliphatic rings. The van der Waals surface area contributed by atoms with Crippen LogP contribution in [0.25, 0.3) is 0 Å². The highest BCUT2D eigenvalue weighted by molar-refractivity contribution is 5.83. The predicted molar refractivity (Wildman–Crippen MR) is 79.2 cm³/mol. The molecule has 4 heteroatoms. The van der Waals surface area contributed by atoms with E-state index in [9.17, 15) is 4.79 Å². The summed E-state index contributed by atoms with van der Waals surface area (Å²) < 4.78 is 0. The van der Waals surface area contributed by atoms with E-state index in [1.54, 1.807) is 0 Å². The summed E-state index contributed by atoms with van der Waals surface area (Å²) in [6.07, 6.45) is 3.80. The fourth-order valence-corrected chi connectivity index (χ4v) is 3.36. The van der Waals surface area contributed by atoms with Crippen LogP contribution in [0.3, 0.4) is 0 Å². The summed E-state index contributed by atoms with van der Waals surface area (Å²) in [6.45, 7) is 3.85. The molecule has 20 heavy (non-hydrogen) atoms. The molecule has 0 radical (unpaired) electrons. The number of hydrogen-bond donors (Lipinski definition) is 1. The van der Waals surface area contributed by atoms with Gasteiger partial charge in [-0.2, -0.15) is 0 Å². The number of nitrogens with two attached hydrogens (primary N) is 1. The molecule has 0 aromatic heterocycles. The van der Waals surface area contributed by atoms with Crippen molar-refractivity contribution in [2.75, 3.05) is 26.2 Å². The Morgan fingerprint density at radius 3 is 2.75 bits per heavy atom. The molecule has 0 aliphatic carbocycles. The van der Waals surface area contributed by atoms with Crippen LogP contribution in [0.15, 0.2) is 30.3 Å². The first-order valence-electron chi connectivity index (χ1n) is 7.59. The Hall–Kier alpha value is -1.39. The number of nitrogens with zero attached hydrogens (tertiary/aromatic N) is 2. The van der Waals surface area contributed by atoms with Crippen molar-refractivity contribution in [2.45, 2.75) is 31.3 Å². The molecule has 1 unspecified atom stereocenters. The summed E-state index contributed by atoms with van der Waals surface area (Å²) in [4.78, 5) is 17.0. The van der Waals surface area contributed by atoms with Gasteiger partial charge in [0.15, 0.2) is 0 Å². The minimum atomic E-state index is -0.522. The Balaban J connectivity index is 1.65. The highest BCUT2D eigenvalue weighted by Crippen LogP contribution is 2.23. The van der Waals surface area contributed by atoms with Crippen LogP contribution in [0.1, 0.15) is 30.9 Å². The van der Waals surface area contributed by atoms with Crippen molar-refractivity contribution in [1.82, 2.24) is 9.80 Å². The van der Waals surface area contributed by atoms with Crippen molar-refractivity contribution in [3.8, 4) is 0 Å². The molecule has 3 rings (SSSR count). The molecule has 2 N–H and O–H groups in total. The SMILES string of the molecule is N[C@H](C(=O)N1CCN2CCCCC2C1)c1ccccc1. The number of benzene rings is 1. The maximum atomic E-state index is 12.6. The second-order valence-corrected chi connectivity index (χ2v) is 5.86. The normalized spacial score (nSPS) is 25.1. The van der Waals surface area contributed by atoms with Gasteiger partial charge >= 0.3 is 0 Å². The lowest BCUT2D eigenvalue weighted by Crippen LogP contribution is -2.57. The van der Waals surface area contributed by atoms with E-state index in [0.29, 0.717) is 6.04 Å². The molecule has 0 saturated carbocycles. The number of piperidine rings is 1. The molecule has 1 aromatic carbocycles. The number of carbonyl (C=O) groups is 1. The standard InChI is InChI=1S/C16H23N3O/c17-15(13-6-2-1-3-7-13)16(20)19-11-10-18-9-5-4-8-14(18)12-19/h1-3,6-7,14-15H,4-5,8-12,17H2/t14?,15-/m0/s1. The average Bonchev–Trinajstić information content (AvgIpc) is 2.54. The van der Waals surface area contributed by atoms with Gasteiger partial charge in [0.2, 0.25) is 5.91 Å². The molecule has 0 spiro atoms. The first kappa shape index (κ1) is 13.6. The highest BCUT2D eigenvalue weighted by atomic mass is 16.2. The summed E-state index contributed by atoms with van der Waals surface area (Å²) in [7, 11) is 0. The van der Waals surface area contributed by atoms with Crippen molar-refractivity contribution < 1.29 is 4.79 Å². The minimum Gasteiger partial charge on any atom is -0.338 e. The molecule has 2 saturated heterocycles. The third-order valence-corrected chi connectivity index (χ3v) is 4.57. The van der Waals surface area contributed by atoms with Crippen LogP contribution in [0.2, 0.25) is 0 Å². The monoisotopic (exact) mass is 273 g/mol. The molecule has 4 nitrogen and oxygen atoms in total. The number of piperazine rings is 1. The molecule has 2 aliphatic heterocycles. The molecule has 0 bridgehead atoms. The number of amides is 1. The fraction of sp³-hybridized carbons (Fsp3) is 0.562. The van der Waals surface area contributed by atoms with Crippen molar-refractivity contribution in [3.63, 3.8) is 0 Å². The van der Waals surface area contributed by atoms with E-state index in [1.165, 1.54) is 25.8 Å². The number of hydrogen-bond acceptors (Lipinski definition) is 3. The Kier molecular flexibility index (Phi) is 4.03. The van der Waals surface area contributed by atoms with E-state index in [1.807, 2.05) is 35.2 Å². The summed E-state index contributed by atoms with van der Waals surface area (Å²) in [5.74, 6) is 0.0708. The number of rotatable bonds is 2. The van der Waals surface area contributed by atoms with E-state index >= 15 is 0 Å². The maximum Gasteiger partial charge on any atom is 0.244 e. The molecular weight excluding hydrogens is 250 g/mol. The first-order valence-corrected chi connectivity index (χ1v) is 7.59. The van der Waals surface area contributed by atoms with Gasteiger partial charge in [-0.15, -0.1) is 0 Å². The molecule has 2 atom stereocenters. The van der Waals surface area contributed by atoms with E-state index in [-0.39, 0.29) is 5.91 Å². The lowest BCUT2D eigenvalue weighted by molar-refractivity contribution is -0.136. The molecule has 2 fully saturated rings. The van der Waals surface area contributed by atoms with Crippen molar-refractivity contribution in [1.29, 1.82) is 0 Å². The lowest BCUT2D eigenvalue weighted by atomic mass is 9.98. The fourth-order valence-electron chi connectivity index (χ4n) is 3.36. The van der Waals surface area contributed by atoms with Gasteiger partial charge in [0.1, 0.15) is 6.04 Å². The Morgan fingerprint density at radius 2 is 1.95 bits per heavy atom. The minimum absolute atomic E-state index is 0.0708. The topological polar surface area (TPSA) is 49.6 Å². The van der Waals surface area contributed by atoms with Gasteiger partial charge in [0, 0.05) is 25.7 Å². The first-order chi connectivity index (χ1) is 9.75. The van der Waals surface area contributed by atoms with Crippen LogP contribution < -0.4 is 5.73 Å². The zero-order valence-corrected chi connectivity index (χ0v) is 11.9. The molecule has 1 aromatic rings. The van der Waals surface area contributed by atoms with Crippen LogP contribution in [-0.4, -0.2) is 47.9 Å². The third-order valence-electron chi connectivity index (χ3n) is 4.57. The largest absolute Gasteiger partial charge is 0.338 e. The predicted octanol–water partition coefficient (Wildman–Crippen LogP) is 1.38. The van der Waals surface area contributed by atoms with Crippen LogP contribution in [0.4, 0.5) is 0 Å². The Morgan fingerprint density at radius 1 is 1.15 bits per heavy atom. The zero-order chi connectivity index (χ0) is 13.9. The second kappa shape index (κ2) is 5.94. The Labute approximate surface area is 120 Å². The summed E-state index contributed by atoms with van der Waals surface area (Å²) in [5, 5.41) is 0. The number of carbonyl (C=O) groups excluding carboxylic acids is 1. The van der Waals surface area contributed by atoms with Crippen molar-refractivity contribution >= 4 is 5.91 Å². The smallest absolute Gasteiger partial charge is 0.244 e. The molecular formula is C16H23N3O.